The molecule has 0 aromatic heterocycles. The predicted octanol–water partition coefficient (Wildman–Crippen LogP) is 3.25. The minimum Gasteiger partial charge on any atom is -0.326 e. The van der Waals surface area contributed by atoms with Crippen molar-refractivity contribution >= 4 is 11.6 Å². The maximum Gasteiger partial charge on any atom is 0.0448 e. The fourth-order valence-electron chi connectivity index (χ4n) is 1.74. The summed E-state index contributed by atoms with van der Waals surface area (Å²) in [6.45, 7) is 2.19. The van der Waals surface area contributed by atoms with Crippen LogP contribution in [0.15, 0.2) is 24.3 Å². The van der Waals surface area contributed by atoms with E-state index in [0.717, 1.165) is 23.4 Å². The van der Waals surface area contributed by atoms with Crippen LogP contribution < -0.4 is 11.5 Å². The minimum absolute atomic E-state index is 0.0349. The van der Waals surface area contributed by atoms with Crippen LogP contribution in [0.25, 0.3) is 0 Å². The third-order valence-corrected chi connectivity index (χ3v) is 3.11. The van der Waals surface area contributed by atoms with Gasteiger partial charge in [-0.2, -0.15) is 0 Å². The number of hydrogen-bond acceptors (Lipinski definition) is 2. The van der Waals surface area contributed by atoms with Crippen molar-refractivity contribution in [2.75, 3.05) is 0 Å². The van der Waals surface area contributed by atoms with Crippen molar-refractivity contribution in [2.24, 2.45) is 11.5 Å². The van der Waals surface area contributed by atoms with E-state index in [1.165, 1.54) is 12.8 Å². The average Bonchev–Trinajstić information content (AvgIpc) is 2.29. The second-order valence-corrected chi connectivity index (χ2v) is 4.67. The van der Waals surface area contributed by atoms with E-state index >= 15 is 0 Å². The molecule has 0 saturated carbocycles. The standard InChI is InChI=1S/C13H21ClN2/c1-2-3-4-5-12(15)13(16)10-6-8-11(14)9-7-10/h6-9,12-13H,2-5,15-16H2,1H3/t12-,13+/m0/s1. The Labute approximate surface area is 103 Å². The smallest absolute Gasteiger partial charge is 0.0448 e. The van der Waals surface area contributed by atoms with Gasteiger partial charge in [-0.15, -0.1) is 0 Å². The minimum atomic E-state index is -0.0888. The fraction of sp³-hybridized carbons (Fsp3) is 0.538. The van der Waals surface area contributed by atoms with Crippen LogP contribution in [-0.2, 0) is 0 Å². The zero-order valence-corrected chi connectivity index (χ0v) is 10.6. The molecule has 0 aliphatic carbocycles. The first kappa shape index (κ1) is 13.5. The summed E-state index contributed by atoms with van der Waals surface area (Å²) in [5.74, 6) is 0. The summed E-state index contributed by atoms with van der Waals surface area (Å²) in [5.41, 5.74) is 13.2. The first-order chi connectivity index (χ1) is 7.65. The summed E-state index contributed by atoms with van der Waals surface area (Å²) in [4.78, 5) is 0. The molecule has 1 aromatic carbocycles. The largest absolute Gasteiger partial charge is 0.326 e. The number of nitrogens with two attached hydrogens (primary N) is 2. The summed E-state index contributed by atoms with van der Waals surface area (Å²) in [7, 11) is 0. The number of halogens is 1. The van der Waals surface area contributed by atoms with Crippen molar-refractivity contribution in [3.8, 4) is 0 Å². The van der Waals surface area contributed by atoms with Crippen molar-refractivity contribution in [1.82, 2.24) is 0 Å². The van der Waals surface area contributed by atoms with Gasteiger partial charge in [-0.3, -0.25) is 0 Å². The summed E-state index contributed by atoms with van der Waals surface area (Å²) in [6, 6.07) is 7.56. The summed E-state index contributed by atoms with van der Waals surface area (Å²) in [5, 5.41) is 0.732. The van der Waals surface area contributed by atoms with Crippen LogP contribution in [0.1, 0.15) is 44.2 Å². The SMILES string of the molecule is CCCCC[C@H](N)[C@H](N)c1ccc(Cl)cc1. The molecule has 2 atom stereocenters. The lowest BCUT2D eigenvalue weighted by atomic mass is 9.96. The van der Waals surface area contributed by atoms with E-state index in [4.69, 9.17) is 23.1 Å². The van der Waals surface area contributed by atoms with Gasteiger partial charge in [-0.25, -0.2) is 0 Å². The molecule has 0 fully saturated rings. The maximum atomic E-state index is 6.10. The fourth-order valence-corrected chi connectivity index (χ4v) is 1.87. The molecule has 0 aliphatic rings. The quantitative estimate of drug-likeness (QED) is 0.750. The molecule has 4 N–H and O–H groups in total. The van der Waals surface area contributed by atoms with Crippen LogP contribution in [0, 0.1) is 0 Å². The van der Waals surface area contributed by atoms with Crippen molar-refractivity contribution < 1.29 is 0 Å². The van der Waals surface area contributed by atoms with Gasteiger partial charge in [0.1, 0.15) is 0 Å². The Hall–Kier alpha value is -0.570. The van der Waals surface area contributed by atoms with E-state index in [1.807, 2.05) is 24.3 Å². The Balaban J connectivity index is 2.49. The highest BCUT2D eigenvalue weighted by Crippen LogP contribution is 2.19. The molecule has 1 aromatic rings. The predicted molar refractivity (Wildman–Crippen MR) is 70.5 cm³/mol. The van der Waals surface area contributed by atoms with Crippen LogP contribution in [0.4, 0.5) is 0 Å². The zero-order valence-electron chi connectivity index (χ0n) is 9.83. The van der Waals surface area contributed by atoms with Gasteiger partial charge in [-0.1, -0.05) is 49.9 Å². The lowest BCUT2D eigenvalue weighted by Gasteiger charge is -2.20. The molecule has 0 unspecified atom stereocenters. The maximum absolute atomic E-state index is 6.10. The van der Waals surface area contributed by atoms with E-state index in [1.54, 1.807) is 0 Å². The molecule has 0 saturated heterocycles. The Morgan fingerprint density at radius 1 is 1.12 bits per heavy atom. The molecule has 3 heteroatoms. The lowest BCUT2D eigenvalue weighted by molar-refractivity contribution is 0.485. The molecule has 0 radical (unpaired) electrons. The average molecular weight is 241 g/mol. The van der Waals surface area contributed by atoms with Gasteiger partial charge >= 0.3 is 0 Å². The van der Waals surface area contributed by atoms with E-state index < -0.39 is 0 Å². The molecule has 0 amide bonds. The number of hydrogen-bond donors (Lipinski definition) is 2. The van der Waals surface area contributed by atoms with Gasteiger partial charge in [0.2, 0.25) is 0 Å². The van der Waals surface area contributed by atoms with Crippen LogP contribution in [-0.4, -0.2) is 6.04 Å². The Kier molecular flexibility index (Phi) is 5.81. The van der Waals surface area contributed by atoms with E-state index in [9.17, 15) is 0 Å². The highest BCUT2D eigenvalue weighted by atomic mass is 35.5. The lowest BCUT2D eigenvalue weighted by Crippen LogP contribution is -2.34. The second-order valence-electron chi connectivity index (χ2n) is 4.24. The molecule has 0 heterocycles. The highest BCUT2D eigenvalue weighted by Gasteiger charge is 2.14. The Morgan fingerprint density at radius 2 is 1.75 bits per heavy atom. The molecule has 2 nitrogen and oxygen atoms in total. The van der Waals surface area contributed by atoms with Crippen LogP contribution >= 0.6 is 11.6 Å². The first-order valence-electron chi connectivity index (χ1n) is 5.91. The van der Waals surface area contributed by atoms with Gasteiger partial charge in [0, 0.05) is 17.1 Å². The van der Waals surface area contributed by atoms with Gasteiger partial charge in [0.15, 0.2) is 0 Å². The second kappa shape index (κ2) is 6.89. The molecule has 0 aliphatic heterocycles. The highest BCUT2D eigenvalue weighted by molar-refractivity contribution is 6.30. The molecule has 1 rings (SSSR count). The first-order valence-corrected chi connectivity index (χ1v) is 6.29. The zero-order chi connectivity index (χ0) is 12.0. The van der Waals surface area contributed by atoms with Crippen molar-refractivity contribution in [1.29, 1.82) is 0 Å². The number of benzene rings is 1. The van der Waals surface area contributed by atoms with Crippen LogP contribution in [0.3, 0.4) is 0 Å². The monoisotopic (exact) mass is 240 g/mol. The van der Waals surface area contributed by atoms with Crippen molar-refractivity contribution in [3.63, 3.8) is 0 Å². The van der Waals surface area contributed by atoms with Gasteiger partial charge in [-0.05, 0) is 24.1 Å². The van der Waals surface area contributed by atoms with E-state index in [2.05, 4.69) is 6.92 Å². The van der Waals surface area contributed by atoms with Crippen molar-refractivity contribution in [3.05, 3.63) is 34.9 Å². The van der Waals surface area contributed by atoms with E-state index in [0.29, 0.717) is 0 Å². The third kappa shape index (κ3) is 4.12. The summed E-state index contributed by atoms with van der Waals surface area (Å²) < 4.78 is 0. The molecule has 90 valence electrons. The van der Waals surface area contributed by atoms with Gasteiger partial charge < -0.3 is 11.5 Å². The molecular weight excluding hydrogens is 220 g/mol. The molecule has 0 bridgehead atoms. The Bertz CT molecular complexity index is 297. The number of rotatable bonds is 6. The van der Waals surface area contributed by atoms with Crippen LogP contribution in [0.2, 0.25) is 5.02 Å². The van der Waals surface area contributed by atoms with Crippen molar-refractivity contribution in [2.45, 2.75) is 44.7 Å². The molecular formula is C13H21ClN2. The topological polar surface area (TPSA) is 52.0 Å². The normalized spacial score (nSPS) is 14.8. The molecule has 0 spiro atoms. The summed E-state index contributed by atoms with van der Waals surface area (Å²) >= 11 is 5.83. The van der Waals surface area contributed by atoms with Crippen LogP contribution in [0.5, 0.6) is 0 Å². The van der Waals surface area contributed by atoms with Gasteiger partial charge in [0.05, 0.1) is 0 Å². The molecule has 16 heavy (non-hydrogen) atoms. The van der Waals surface area contributed by atoms with E-state index in [-0.39, 0.29) is 12.1 Å². The van der Waals surface area contributed by atoms with Gasteiger partial charge in [0.25, 0.3) is 0 Å². The summed E-state index contributed by atoms with van der Waals surface area (Å²) in [6.07, 6.45) is 4.57. The Morgan fingerprint density at radius 3 is 2.31 bits per heavy atom. The number of unbranched alkanes of at least 4 members (excludes halogenated alkanes) is 2. The third-order valence-electron chi connectivity index (χ3n) is 2.86.